The first-order valence-electron chi connectivity index (χ1n) is 3.41. The molecule has 1 rings (SSSR count). The van der Waals surface area contributed by atoms with E-state index in [9.17, 15) is 0 Å². The second-order valence-corrected chi connectivity index (χ2v) is 2.16. The highest BCUT2D eigenvalue weighted by Gasteiger charge is 2.14. The van der Waals surface area contributed by atoms with Gasteiger partial charge in [0.05, 0.1) is 6.61 Å². The summed E-state index contributed by atoms with van der Waals surface area (Å²) in [4.78, 5) is 0. The zero-order valence-electron chi connectivity index (χ0n) is 6.76. The second-order valence-electron chi connectivity index (χ2n) is 2.16. The van der Waals surface area contributed by atoms with Crippen molar-refractivity contribution in [3.05, 3.63) is 30.2 Å². The Balaban J connectivity index is 2.55. The van der Waals surface area contributed by atoms with Gasteiger partial charge in [-0.1, -0.05) is 6.08 Å². The Morgan fingerprint density at radius 1 is 1.45 bits per heavy atom. The SMILES string of the molecule is COCC1=CC=CN[C]1OC. The zero-order chi connectivity index (χ0) is 8.10. The van der Waals surface area contributed by atoms with Gasteiger partial charge in [0.1, 0.15) is 0 Å². The minimum absolute atomic E-state index is 0.570. The average molecular weight is 154 g/mol. The van der Waals surface area contributed by atoms with Crippen LogP contribution in [0.4, 0.5) is 0 Å². The molecular formula is C8H12NO2. The first kappa shape index (κ1) is 8.30. The Bertz CT molecular complexity index is 175. The molecule has 0 atom stereocenters. The first-order chi connectivity index (χ1) is 5.38. The number of rotatable bonds is 3. The maximum atomic E-state index is 5.06. The minimum Gasteiger partial charge on any atom is -0.380 e. The van der Waals surface area contributed by atoms with Gasteiger partial charge in [0.2, 0.25) is 6.23 Å². The number of hydrogen-bond acceptors (Lipinski definition) is 3. The maximum absolute atomic E-state index is 5.06. The molecule has 0 saturated carbocycles. The van der Waals surface area contributed by atoms with E-state index in [2.05, 4.69) is 5.32 Å². The summed E-state index contributed by atoms with van der Waals surface area (Å²) >= 11 is 0. The van der Waals surface area contributed by atoms with Gasteiger partial charge in [0.15, 0.2) is 0 Å². The monoisotopic (exact) mass is 154 g/mol. The van der Waals surface area contributed by atoms with Crippen LogP contribution in [-0.4, -0.2) is 20.8 Å². The Hall–Kier alpha value is -0.800. The van der Waals surface area contributed by atoms with Crippen LogP contribution >= 0.6 is 0 Å². The molecule has 1 aliphatic heterocycles. The molecule has 0 bridgehead atoms. The second kappa shape index (κ2) is 4.16. The van der Waals surface area contributed by atoms with E-state index in [4.69, 9.17) is 9.47 Å². The number of methoxy groups -OCH3 is 2. The number of hydrogen-bond donors (Lipinski definition) is 1. The summed E-state index contributed by atoms with van der Waals surface area (Å²) in [5, 5.41) is 2.97. The van der Waals surface area contributed by atoms with Crippen molar-refractivity contribution >= 4 is 0 Å². The van der Waals surface area contributed by atoms with E-state index in [1.165, 1.54) is 0 Å². The van der Waals surface area contributed by atoms with E-state index in [1.807, 2.05) is 18.4 Å². The van der Waals surface area contributed by atoms with E-state index in [-0.39, 0.29) is 0 Å². The molecule has 0 saturated heterocycles. The fourth-order valence-electron chi connectivity index (χ4n) is 0.916. The van der Waals surface area contributed by atoms with Crippen molar-refractivity contribution in [2.24, 2.45) is 0 Å². The predicted octanol–water partition coefficient (Wildman–Crippen LogP) is 0.812. The Kier molecular flexibility index (Phi) is 3.14. The van der Waals surface area contributed by atoms with Crippen molar-refractivity contribution in [2.45, 2.75) is 0 Å². The first-order valence-corrected chi connectivity index (χ1v) is 3.41. The van der Waals surface area contributed by atoms with Crippen LogP contribution in [0.2, 0.25) is 0 Å². The van der Waals surface area contributed by atoms with E-state index >= 15 is 0 Å². The van der Waals surface area contributed by atoms with Crippen molar-refractivity contribution in [1.82, 2.24) is 5.32 Å². The van der Waals surface area contributed by atoms with Gasteiger partial charge in [-0.05, 0) is 12.3 Å². The van der Waals surface area contributed by atoms with Gasteiger partial charge < -0.3 is 14.8 Å². The van der Waals surface area contributed by atoms with Crippen LogP contribution in [0.5, 0.6) is 0 Å². The third-order valence-corrected chi connectivity index (χ3v) is 1.40. The third-order valence-electron chi connectivity index (χ3n) is 1.40. The lowest BCUT2D eigenvalue weighted by molar-refractivity contribution is 0.170. The lowest BCUT2D eigenvalue weighted by Crippen LogP contribution is -2.23. The summed E-state index contributed by atoms with van der Waals surface area (Å²) in [6, 6.07) is 0. The standard InChI is InChI=1S/C8H12NO2/c1-10-6-7-4-3-5-9-8(7)11-2/h3-5,9H,6H2,1-2H3. The molecule has 1 heterocycles. The van der Waals surface area contributed by atoms with Gasteiger partial charge in [-0.2, -0.15) is 0 Å². The van der Waals surface area contributed by atoms with E-state index < -0.39 is 0 Å². The van der Waals surface area contributed by atoms with E-state index in [0.717, 1.165) is 11.8 Å². The molecule has 61 valence electrons. The summed E-state index contributed by atoms with van der Waals surface area (Å²) in [5.74, 6) is 0. The number of ether oxygens (including phenoxy) is 2. The molecule has 1 N–H and O–H groups in total. The van der Waals surface area contributed by atoms with Crippen molar-refractivity contribution in [3.63, 3.8) is 0 Å². The molecule has 0 aromatic carbocycles. The summed E-state index contributed by atoms with van der Waals surface area (Å²) in [6.07, 6.45) is 6.45. The van der Waals surface area contributed by atoms with Crippen LogP contribution in [0.3, 0.4) is 0 Å². The number of nitrogens with one attached hydrogen (secondary N) is 1. The highest BCUT2D eigenvalue weighted by atomic mass is 16.5. The van der Waals surface area contributed by atoms with Crippen molar-refractivity contribution in [2.75, 3.05) is 20.8 Å². The van der Waals surface area contributed by atoms with Crippen molar-refractivity contribution in [3.8, 4) is 0 Å². The molecule has 0 aromatic heterocycles. The summed E-state index contributed by atoms with van der Waals surface area (Å²) in [6.45, 7) is 0.570. The largest absolute Gasteiger partial charge is 0.380 e. The fourth-order valence-corrected chi connectivity index (χ4v) is 0.916. The lowest BCUT2D eigenvalue weighted by atomic mass is 10.2. The highest BCUT2D eigenvalue weighted by Crippen LogP contribution is 2.14. The topological polar surface area (TPSA) is 30.5 Å². The molecule has 0 fully saturated rings. The quantitative estimate of drug-likeness (QED) is 0.652. The maximum Gasteiger partial charge on any atom is 0.216 e. The van der Waals surface area contributed by atoms with Crippen LogP contribution in [0.15, 0.2) is 23.9 Å². The lowest BCUT2D eigenvalue weighted by Gasteiger charge is -2.18. The minimum atomic E-state index is 0.570. The smallest absolute Gasteiger partial charge is 0.216 e. The number of dihydropyridines is 1. The van der Waals surface area contributed by atoms with E-state index in [1.54, 1.807) is 14.2 Å². The zero-order valence-corrected chi connectivity index (χ0v) is 6.76. The highest BCUT2D eigenvalue weighted by molar-refractivity contribution is 5.28. The van der Waals surface area contributed by atoms with Crippen LogP contribution in [0, 0.1) is 6.23 Å². The molecule has 3 heteroatoms. The normalized spacial score (nSPS) is 17.8. The average Bonchev–Trinajstić information content (AvgIpc) is 2.06. The molecule has 0 spiro atoms. The van der Waals surface area contributed by atoms with Crippen molar-refractivity contribution in [1.29, 1.82) is 0 Å². The van der Waals surface area contributed by atoms with Crippen LogP contribution in [-0.2, 0) is 9.47 Å². The molecule has 1 radical (unpaired) electrons. The molecular weight excluding hydrogens is 142 g/mol. The summed E-state index contributed by atoms with van der Waals surface area (Å²) in [7, 11) is 3.29. The summed E-state index contributed by atoms with van der Waals surface area (Å²) in [5.41, 5.74) is 1.03. The Morgan fingerprint density at radius 2 is 2.27 bits per heavy atom. The predicted molar refractivity (Wildman–Crippen MR) is 42.5 cm³/mol. The Morgan fingerprint density at radius 3 is 2.91 bits per heavy atom. The molecule has 0 unspecified atom stereocenters. The number of allylic oxidation sites excluding steroid dienone is 2. The molecule has 1 aliphatic rings. The molecule has 3 nitrogen and oxygen atoms in total. The molecule has 11 heavy (non-hydrogen) atoms. The third kappa shape index (κ3) is 2.06. The molecule has 0 amide bonds. The summed E-state index contributed by atoms with van der Waals surface area (Å²) < 4.78 is 10.0. The van der Waals surface area contributed by atoms with Gasteiger partial charge in [0.25, 0.3) is 0 Å². The van der Waals surface area contributed by atoms with Gasteiger partial charge in [-0.3, -0.25) is 0 Å². The van der Waals surface area contributed by atoms with Crippen LogP contribution in [0.1, 0.15) is 0 Å². The van der Waals surface area contributed by atoms with Crippen LogP contribution < -0.4 is 5.32 Å². The molecule has 0 aliphatic carbocycles. The molecule has 0 aromatic rings. The van der Waals surface area contributed by atoms with Crippen LogP contribution in [0.25, 0.3) is 0 Å². The van der Waals surface area contributed by atoms with E-state index in [0.29, 0.717) is 6.61 Å². The fraction of sp³-hybridized carbons (Fsp3) is 0.375. The van der Waals surface area contributed by atoms with Gasteiger partial charge in [0, 0.05) is 19.8 Å². The Labute approximate surface area is 66.7 Å². The van der Waals surface area contributed by atoms with Crippen molar-refractivity contribution < 1.29 is 9.47 Å². The van der Waals surface area contributed by atoms with Gasteiger partial charge in [-0.25, -0.2) is 0 Å². The van der Waals surface area contributed by atoms with Gasteiger partial charge in [-0.15, -0.1) is 0 Å². The van der Waals surface area contributed by atoms with Gasteiger partial charge >= 0.3 is 0 Å².